The number of hydrogen-bond donors (Lipinski definition) is 0. The Morgan fingerprint density at radius 2 is 0.639 bits per heavy atom. The summed E-state index contributed by atoms with van der Waals surface area (Å²) in [5.41, 5.74) is 0. The molecule has 0 saturated heterocycles. The normalized spacial score (nSPS) is 11.8. The molecule has 0 heterocycles. The maximum atomic E-state index is 12.8. The van der Waals surface area contributed by atoms with E-state index in [-0.39, 0.29) is 31.1 Å². The van der Waals surface area contributed by atoms with Crippen LogP contribution in [0.15, 0.2) is 36.5 Å². The number of hydrogen-bond acceptors (Lipinski definition) is 6. The molecule has 61 heavy (non-hydrogen) atoms. The van der Waals surface area contributed by atoms with E-state index in [0.29, 0.717) is 19.3 Å². The van der Waals surface area contributed by atoms with Crippen LogP contribution in [-0.4, -0.2) is 37.2 Å². The van der Waals surface area contributed by atoms with E-state index >= 15 is 0 Å². The van der Waals surface area contributed by atoms with E-state index in [9.17, 15) is 14.4 Å². The molecule has 0 amide bonds. The van der Waals surface area contributed by atoms with Crippen molar-refractivity contribution in [1.29, 1.82) is 0 Å². The summed E-state index contributed by atoms with van der Waals surface area (Å²) in [4.78, 5) is 38.0. The third-order valence-electron chi connectivity index (χ3n) is 11.7. The van der Waals surface area contributed by atoms with E-state index < -0.39 is 6.10 Å². The molecule has 6 heteroatoms. The number of ether oxygens (including phenoxy) is 3. The standard InChI is InChI=1S/C55H100O6/c1-4-7-10-13-16-19-22-25-28-31-34-37-40-43-46-49-55(58)61-52(50-59-53(56)47-44-41-38-35-32-29-26-23-20-17-14-11-8-5-2)51-60-54(57)48-45-42-39-36-33-30-27-24-21-18-15-12-9-6-3/h7,10,16,19,25,28,52H,4-6,8-9,11-15,17-18,20-24,26-27,29-51H2,1-3H3/b10-7-,19-16-,28-25-. The van der Waals surface area contributed by atoms with E-state index in [1.165, 1.54) is 141 Å². The second-order valence-electron chi connectivity index (χ2n) is 17.8. The van der Waals surface area contributed by atoms with Crippen LogP contribution in [0.4, 0.5) is 0 Å². The average molecular weight is 857 g/mol. The summed E-state index contributed by atoms with van der Waals surface area (Å²) in [6.07, 6.45) is 58.4. The van der Waals surface area contributed by atoms with Gasteiger partial charge in [-0.2, -0.15) is 0 Å². The van der Waals surface area contributed by atoms with Crippen LogP contribution < -0.4 is 0 Å². The van der Waals surface area contributed by atoms with Crippen molar-refractivity contribution in [2.45, 2.75) is 284 Å². The lowest BCUT2D eigenvalue weighted by Crippen LogP contribution is -2.30. The molecule has 0 aromatic carbocycles. The van der Waals surface area contributed by atoms with Gasteiger partial charge in [0.05, 0.1) is 0 Å². The summed E-state index contributed by atoms with van der Waals surface area (Å²) in [5, 5.41) is 0. The van der Waals surface area contributed by atoms with Gasteiger partial charge in [-0.25, -0.2) is 0 Å². The maximum absolute atomic E-state index is 12.8. The van der Waals surface area contributed by atoms with Gasteiger partial charge in [-0.05, 0) is 51.4 Å². The monoisotopic (exact) mass is 857 g/mol. The number of unbranched alkanes of at least 4 members (excludes halogenated alkanes) is 31. The molecule has 0 N–H and O–H groups in total. The molecular formula is C55H100O6. The van der Waals surface area contributed by atoms with Gasteiger partial charge in [0, 0.05) is 19.3 Å². The zero-order chi connectivity index (χ0) is 44.4. The van der Waals surface area contributed by atoms with Crippen LogP contribution in [0.5, 0.6) is 0 Å². The van der Waals surface area contributed by atoms with Crippen molar-refractivity contribution in [3.63, 3.8) is 0 Å². The lowest BCUT2D eigenvalue weighted by Gasteiger charge is -2.18. The smallest absolute Gasteiger partial charge is 0.306 e. The van der Waals surface area contributed by atoms with Crippen molar-refractivity contribution < 1.29 is 28.6 Å². The Kier molecular flexibility index (Phi) is 48.3. The fourth-order valence-electron chi connectivity index (χ4n) is 7.69. The fraction of sp³-hybridized carbons (Fsp3) is 0.836. The van der Waals surface area contributed by atoms with Crippen molar-refractivity contribution in [1.82, 2.24) is 0 Å². The molecule has 0 fully saturated rings. The number of allylic oxidation sites excluding steroid dienone is 6. The van der Waals surface area contributed by atoms with Crippen molar-refractivity contribution in [2.24, 2.45) is 0 Å². The highest BCUT2D eigenvalue weighted by Crippen LogP contribution is 2.16. The SMILES string of the molecule is CC/C=C\C/C=C\C/C=C\CCCCCCCC(=O)OC(COC(=O)CCCCCCCCCCCCCCCC)COC(=O)CCCCCCCCCCCCCCCC. The maximum Gasteiger partial charge on any atom is 0.306 e. The first-order chi connectivity index (χ1) is 30.0. The molecule has 0 aromatic heterocycles. The third-order valence-corrected chi connectivity index (χ3v) is 11.7. The Morgan fingerprint density at radius 3 is 1.00 bits per heavy atom. The van der Waals surface area contributed by atoms with Gasteiger partial charge in [0.25, 0.3) is 0 Å². The minimum atomic E-state index is -0.775. The second kappa shape index (κ2) is 50.3. The highest BCUT2D eigenvalue weighted by molar-refractivity contribution is 5.71. The van der Waals surface area contributed by atoms with Gasteiger partial charge in [-0.15, -0.1) is 0 Å². The quantitative estimate of drug-likeness (QED) is 0.0262. The third kappa shape index (κ3) is 48.5. The molecule has 356 valence electrons. The largest absolute Gasteiger partial charge is 0.462 e. The number of rotatable bonds is 48. The molecule has 0 bridgehead atoms. The molecule has 0 saturated carbocycles. The molecule has 6 nitrogen and oxygen atoms in total. The predicted octanol–water partition coefficient (Wildman–Crippen LogP) is 17.3. The molecule has 0 unspecified atom stereocenters. The zero-order valence-corrected chi connectivity index (χ0v) is 40.7. The molecule has 0 spiro atoms. The number of carbonyl (C=O) groups excluding carboxylic acids is 3. The summed E-state index contributed by atoms with van der Waals surface area (Å²) in [6, 6.07) is 0. The van der Waals surface area contributed by atoms with Crippen molar-refractivity contribution in [3.05, 3.63) is 36.5 Å². The Hall–Kier alpha value is -2.37. The van der Waals surface area contributed by atoms with E-state index in [4.69, 9.17) is 14.2 Å². The highest BCUT2D eigenvalue weighted by Gasteiger charge is 2.19. The van der Waals surface area contributed by atoms with E-state index in [2.05, 4.69) is 57.2 Å². The molecule has 0 radical (unpaired) electrons. The summed E-state index contributed by atoms with van der Waals surface area (Å²) in [7, 11) is 0. The molecule has 0 aliphatic carbocycles. The lowest BCUT2D eigenvalue weighted by molar-refractivity contribution is -0.167. The van der Waals surface area contributed by atoms with Gasteiger partial charge < -0.3 is 14.2 Å². The van der Waals surface area contributed by atoms with Gasteiger partial charge in [0.2, 0.25) is 0 Å². The number of esters is 3. The molecule has 0 rings (SSSR count). The Labute approximate surface area is 378 Å². The first kappa shape index (κ1) is 58.6. The summed E-state index contributed by atoms with van der Waals surface area (Å²) in [5.74, 6) is -0.878. The first-order valence-corrected chi connectivity index (χ1v) is 26.5. The van der Waals surface area contributed by atoms with Crippen molar-refractivity contribution in [2.75, 3.05) is 13.2 Å². The minimum absolute atomic E-state index is 0.0749. The topological polar surface area (TPSA) is 78.9 Å². The lowest BCUT2D eigenvalue weighted by atomic mass is 10.0. The number of carbonyl (C=O) groups is 3. The van der Waals surface area contributed by atoms with Crippen LogP contribution in [-0.2, 0) is 28.6 Å². The molecular weight excluding hydrogens is 757 g/mol. The van der Waals surface area contributed by atoms with Crippen molar-refractivity contribution >= 4 is 17.9 Å². The van der Waals surface area contributed by atoms with E-state index in [1.807, 2.05) is 0 Å². The minimum Gasteiger partial charge on any atom is -0.462 e. The fourth-order valence-corrected chi connectivity index (χ4v) is 7.69. The second-order valence-corrected chi connectivity index (χ2v) is 17.8. The van der Waals surface area contributed by atoms with E-state index in [1.54, 1.807) is 0 Å². The van der Waals surface area contributed by atoms with Crippen LogP contribution in [0.3, 0.4) is 0 Å². The van der Waals surface area contributed by atoms with Crippen LogP contribution in [0.2, 0.25) is 0 Å². The summed E-state index contributed by atoms with van der Waals surface area (Å²) >= 11 is 0. The predicted molar refractivity (Wildman–Crippen MR) is 261 cm³/mol. The molecule has 0 aromatic rings. The Bertz CT molecular complexity index is 983. The highest BCUT2D eigenvalue weighted by atomic mass is 16.6. The summed E-state index contributed by atoms with van der Waals surface area (Å²) in [6.45, 7) is 6.54. The van der Waals surface area contributed by atoms with Crippen LogP contribution in [0, 0.1) is 0 Å². The van der Waals surface area contributed by atoms with Gasteiger partial charge >= 0.3 is 17.9 Å². The first-order valence-electron chi connectivity index (χ1n) is 26.5. The van der Waals surface area contributed by atoms with Crippen molar-refractivity contribution in [3.8, 4) is 0 Å². The molecule has 0 aliphatic heterocycles. The van der Waals surface area contributed by atoms with Gasteiger partial charge in [-0.3, -0.25) is 14.4 Å². The van der Waals surface area contributed by atoms with Gasteiger partial charge in [0.1, 0.15) is 13.2 Å². The van der Waals surface area contributed by atoms with Crippen LogP contribution >= 0.6 is 0 Å². The van der Waals surface area contributed by atoms with Gasteiger partial charge in [0.15, 0.2) is 6.10 Å². The molecule has 0 atom stereocenters. The Balaban J connectivity index is 4.37. The average Bonchev–Trinajstić information content (AvgIpc) is 3.26. The van der Waals surface area contributed by atoms with Crippen LogP contribution in [0.1, 0.15) is 278 Å². The van der Waals surface area contributed by atoms with Gasteiger partial charge in [-0.1, -0.05) is 243 Å². The Morgan fingerprint density at radius 1 is 0.344 bits per heavy atom. The summed E-state index contributed by atoms with van der Waals surface area (Å²) < 4.78 is 16.8. The van der Waals surface area contributed by atoms with Crippen LogP contribution in [0.25, 0.3) is 0 Å². The molecule has 0 aliphatic rings. The zero-order valence-electron chi connectivity index (χ0n) is 40.7. The van der Waals surface area contributed by atoms with E-state index in [0.717, 1.165) is 96.3 Å².